The van der Waals surface area contributed by atoms with E-state index < -0.39 is 10.0 Å². The summed E-state index contributed by atoms with van der Waals surface area (Å²) in [6.07, 6.45) is 4.86. The predicted molar refractivity (Wildman–Crippen MR) is 117 cm³/mol. The van der Waals surface area contributed by atoms with Crippen molar-refractivity contribution in [3.63, 3.8) is 0 Å². The Labute approximate surface area is 177 Å². The number of hydrogen-bond donors (Lipinski definition) is 1. The topological polar surface area (TPSA) is 88.1 Å². The van der Waals surface area contributed by atoms with Crippen molar-refractivity contribution in [2.45, 2.75) is 31.4 Å². The van der Waals surface area contributed by atoms with E-state index in [0.717, 1.165) is 29.7 Å². The summed E-state index contributed by atoms with van der Waals surface area (Å²) in [5.74, 6) is 1.47. The number of aryl methyl sites for hydroxylation is 1. The van der Waals surface area contributed by atoms with Crippen LogP contribution < -0.4 is 5.32 Å². The predicted octanol–water partition coefficient (Wildman–Crippen LogP) is 3.63. The summed E-state index contributed by atoms with van der Waals surface area (Å²) < 4.78 is 27.3. The van der Waals surface area contributed by atoms with E-state index in [2.05, 4.69) is 15.3 Å². The van der Waals surface area contributed by atoms with Gasteiger partial charge in [0, 0.05) is 37.1 Å². The summed E-state index contributed by atoms with van der Waals surface area (Å²) in [6.45, 7) is 3.00. The van der Waals surface area contributed by atoms with Gasteiger partial charge in [0.25, 0.3) is 0 Å². The quantitative estimate of drug-likeness (QED) is 0.651. The normalized spacial score (nSPS) is 15.8. The van der Waals surface area contributed by atoms with Crippen LogP contribution in [-0.2, 0) is 15.8 Å². The maximum Gasteiger partial charge on any atom is 0.228 e. The highest BCUT2D eigenvalue weighted by atomic mass is 32.2. The Hall–Kier alpha value is -2.84. The fraction of sp³-hybridized carbons (Fsp3) is 0.318. The molecule has 30 heavy (non-hydrogen) atoms. The zero-order chi connectivity index (χ0) is 21.0. The molecule has 1 aliphatic rings. The van der Waals surface area contributed by atoms with Crippen LogP contribution >= 0.6 is 0 Å². The number of nitrogens with one attached hydrogen (secondary N) is 1. The van der Waals surface area contributed by atoms with E-state index in [9.17, 15) is 8.42 Å². The van der Waals surface area contributed by atoms with E-state index in [-0.39, 0.29) is 11.7 Å². The smallest absolute Gasteiger partial charge is 0.228 e. The molecule has 7 nitrogen and oxygen atoms in total. The van der Waals surface area contributed by atoms with Crippen LogP contribution in [0.2, 0.25) is 0 Å². The average molecular weight is 424 g/mol. The van der Waals surface area contributed by atoms with E-state index in [1.54, 1.807) is 22.8 Å². The number of anilines is 2. The molecule has 0 aliphatic carbocycles. The van der Waals surface area contributed by atoms with Crippen molar-refractivity contribution in [1.29, 1.82) is 0 Å². The van der Waals surface area contributed by atoms with Crippen molar-refractivity contribution in [2.24, 2.45) is 0 Å². The number of sulfonamides is 1. The third-order valence-electron chi connectivity index (χ3n) is 5.27. The van der Waals surface area contributed by atoms with Gasteiger partial charge in [-0.25, -0.2) is 27.7 Å². The monoisotopic (exact) mass is 423 g/mol. The fourth-order valence-corrected chi connectivity index (χ4v) is 5.31. The molecule has 0 saturated carbocycles. The van der Waals surface area contributed by atoms with Gasteiger partial charge in [-0.1, -0.05) is 35.9 Å². The number of pyridine rings is 1. The second kappa shape index (κ2) is 8.89. The number of aromatic nitrogens is 3. The highest BCUT2D eigenvalue weighted by Crippen LogP contribution is 2.29. The first kappa shape index (κ1) is 20.4. The van der Waals surface area contributed by atoms with Crippen LogP contribution in [0.15, 0.2) is 60.9 Å². The lowest BCUT2D eigenvalue weighted by Gasteiger charge is -2.31. The van der Waals surface area contributed by atoms with Crippen LogP contribution in [-0.4, -0.2) is 40.8 Å². The minimum atomic E-state index is -3.32. The highest BCUT2D eigenvalue weighted by molar-refractivity contribution is 7.88. The first-order chi connectivity index (χ1) is 14.5. The fourth-order valence-electron chi connectivity index (χ4n) is 3.76. The summed E-state index contributed by atoms with van der Waals surface area (Å²) in [4.78, 5) is 13.0. The van der Waals surface area contributed by atoms with Crippen molar-refractivity contribution in [2.75, 3.05) is 18.4 Å². The molecule has 4 rings (SSSR count). The molecule has 0 radical (unpaired) electrons. The summed E-state index contributed by atoms with van der Waals surface area (Å²) in [7, 11) is -3.32. The molecular weight excluding hydrogens is 398 g/mol. The van der Waals surface area contributed by atoms with Gasteiger partial charge in [0.05, 0.1) is 5.75 Å². The third-order valence-corrected chi connectivity index (χ3v) is 7.12. The first-order valence-electron chi connectivity index (χ1n) is 10.0. The molecule has 0 spiro atoms. The maximum atomic E-state index is 12.9. The van der Waals surface area contributed by atoms with Gasteiger partial charge >= 0.3 is 0 Å². The van der Waals surface area contributed by atoms with Gasteiger partial charge in [-0.2, -0.15) is 0 Å². The van der Waals surface area contributed by atoms with Crippen LogP contribution in [0.1, 0.15) is 35.6 Å². The molecule has 1 saturated heterocycles. The minimum Gasteiger partial charge on any atom is -0.309 e. The molecule has 0 atom stereocenters. The Morgan fingerprint density at radius 1 is 1.03 bits per heavy atom. The van der Waals surface area contributed by atoms with E-state index in [1.807, 2.05) is 49.4 Å². The Bertz CT molecular complexity index is 1100. The Morgan fingerprint density at radius 2 is 1.77 bits per heavy atom. The molecule has 1 aromatic carbocycles. The summed E-state index contributed by atoms with van der Waals surface area (Å²) in [5.41, 5.74) is 2.87. The lowest BCUT2D eigenvalue weighted by atomic mass is 9.94. The largest absolute Gasteiger partial charge is 0.309 e. The third kappa shape index (κ3) is 5.01. The van der Waals surface area contributed by atoms with E-state index in [4.69, 9.17) is 4.98 Å². The molecule has 0 unspecified atom stereocenters. The number of benzene rings is 1. The molecule has 1 N–H and O–H groups in total. The number of hydrogen-bond acceptors (Lipinski definition) is 6. The van der Waals surface area contributed by atoms with Crippen molar-refractivity contribution in [1.82, 2.24) is 19.3 Å². The zero-order valence-electron chi connectivity index (χ0n) is 16.9. The van der Waals surface area contributed by atoms with E-state index >= 15 is 0 Å². The molecule has 8 heteroatoms. The van der Waals surface area contributed by atoms with Gasteiger partial charge in [-0.15, -0.1) is 0 Å². The van der Waals surface area contributed by atoms with E-state index in [1.165, 1.54) is 0 Å². The Morgan fingerprint density at radius 3 is 2.50 bits per heavy atom. The summed E-state index contributed by atoms with van der Waals surface area (Å²) >= 11 is 0. The van der Waals surface area contributed by atoms with Crippen molar-refractivity contribution in [3.8, 4) is 0 Å². The first-order valence-corrected chi connectivity index (χ1v) is 11.6. The van der Waals surface area contributed by atoms with Crippen molar-refractivity contribution in [3.05, 3.63) is 77.7 Å². The molecule has 2 aromatic heterocycles. The van der Waals surface area contributed by atoms with Crippen LogP contribution in [0.25, 0.3) is 0 Å². The van der Waals surface area contributed by atoms with Gasteiger partial charge < -0.3 is 5.32 Å². The van der Waals surface area contributed by atoms with Gasteiger partial charge in [0.2, 0.25) is 16.0 Å². The van der Waals surface area contributed by atoms with Gasteiger partial charge in [-0.3, -0.25) is 0 Å². The lowest BCUT2D eigenvalue weighted by Crippen LogP contribution is -2.38. The number of rotatable bonds is 6. The summed E-state index contributed by atoms with van der Waals surface area (Å²) in [6, 6.07) is 15.3. The standard InChI is InChI=1S/C22H25N5O2S/c1-17-5-2-6-18(15-17)16-30(28,29)27-13-9-19(10-14-27)20-7-3-8-21(25-20)26-22-23-11-4-12-24-22/h2-8,11-12,15,19H,9-10,13-14,16H2,1H3,(H,23,24,25,26). The Balaban J connectivity index is 1.39. The average Bonchev–Trinajstić information content (AvgIpc) is 2.74. The van der Waals surface area contributed by atoms with Crippen LogP contribution in [0.4, 0.5) is 11.8 Å². The van der Waals surface area contributed by atoms with Crippen LogP contribution in [0, 0.1) is 6.92 Å². The molecular formula is C22H25N5O2S. The molecule has 1 aliphatic heterocycles. The molecule has 0 bridgehead atoms. The lowest BCUT2D eigenvalue weighted by molar-refractivity contribution is 0.316. The SMILES string of the molecule is Cc1cccc(CS(=O)(=O)N2CCC(c3cccc(Nc4ncccn4)n3)CC2)c1. The van der Waals surface area contributed by atoms with E-state index in [0.29, 0.717) is 24.9 Å². The summed E-state index contributed by atoms with van der Waals surface area (Å²) in [5, 5.41) is 3.11. The molecule has 3 aromatic rings. The zero-order valence-corrected chi connectivity index (χ0v) is 17.7. The molecule has 0 amide bonds. The van der Waals surface area contributed by atoms with Gasteiger partial charge in [0.15, 0.2) is 0 Å². The number of nitrogens with zero attached hydrogens (tertiary/aromatic N) is 4. The van der Waals surface area contributed by atoms with Crippen molar-refractivity contribution < 1.29 is 8.42 Å². The van der Waals surface area contributed by atoms with Crippen LogP contribution in [0.5, 0.6) is 0 Å². The molecule has 1 fully saturated rings. The van der Waals surface area contributed by atoms with Gasteiger partial charge in [0.1, 0.15) is 5.82 Å². The highest BCUT2D eigenvalue weighted by Gasteiger charge is 2.29. The molecule has 156 valence electrons. The second-order valence-corrected chi connectivity index (χ2v) is 9.53. The number of piperidine rings is 1. The Kier molecular flexibility index (Phi) is 6.06. The van der Waals surface area contributed by atoms with Crippen LogP contribution in [0.3, 0.4) is 0 Å². The second-order valence-electron chi connectivity index (χ2n) is 7.56. The minimum absolute atomic E-state index is 0.0497. The maximum absolute atomic E-state index is 12.9. The molecule has 3 heterocycles. The van der Waals surface area contributed by atoms with Gasteiger partial charge in [-0.05, 0) is 43.5 Å². The van der Waals surface area contributed by atoms with Crippen molar-refractivity contribution >= 4 is 21.8 Å².